The lowest BCUT2D eigenvalue weighted by Crippen LogP contribution is -1.95. The molecule has 0 atom stereocenters. The Morgan fingerprint density at radius 3 is 2.46 bits per heavy atom. The monoisotopic (exact) mass is 175 g/mol. The molecule has 2 N–H and O–H groups in total. The summed E-state index contributed by atoms with van der Waals surface area (Å²) in [6.45, 7) is 2.85. The number of allylic oxidation sites excluding steroid dienone is 1. The third-order valence-electron chi connectivity index (χ3n) is 1.97. The SMILES string of the molecule is Cc1ccc(CC=CCCN)cc1. The highest BCUT2D eigenvalue weighted by atomic mass is 14.5. The van der Waals surface area contributed by atoms with Gasteiger partial charge in [0.2, 0.25) is 0 Å². The Balaban J connectivity index is 2.41. The zero-order valence-corrected chi connectivity index (χ0v) is 8.16. The highest BCUT2D eigenvalue weighted by Crippen LogP contribution is 2.04. The summed E-state index contributed by atoms with van der Waals surface area (Å²) in [5.74, 6) is 0. The van der Waals surface area contributed by atoms with Crippen molar-refractivity contribution in [2.24, 2.45) is 5.73 Å². The molecule has 0 aliphatic carbocycles. The topological polar surface area (TPSA) is 26.0 Å². The summed E-state index contributed by atoms with van der Waals surface area (Å²) in [5, 5.41) is 0. The predicted octanol–water partition coefficient (Wildman–Crippen LogP) is 2.44. The first kappa shape index (κ1) is 10.0. The lowest BCUT2D eigenvalue weighted by molar-refractivity contribution is 1.00. The number of aryl methyl sites for hydroxylation is 1. The number of hydrogen-bond acceptors (Lipinski definition) is 1. The summed E-state index contributed by atoms with van der Waals surface area (Å²) in [5.41, 5.74) is 8.05. The van der Waals surface area contributed by atoms with Crippen LogP contribution >= 0.6 is 0 Å². The summed E-state index contributed by atoms with van der Waals surface area (Å²) < 4.78 is 0. The van der Waals surface area contributed by atoms with E-state index in [1.807, 2.05) is 0 Å². The predicted molar refractivity (Wildman–Crippen MR) is 57.7 cm³/mol. The molecule has 0 radical (unpaired) electrons. The minimum Gasteiger partial charge on any atom is -0.330 e. The van der Waals surface area contributed by atoms with E-state index in [2.05, 4.69) is 43.3 Å². The average molecular weight is 175 g/mol. The van der Waals surface area contributed by atoms with Crippen LogP contribution in [-0.4, -0.2) is 6.54 Å². The van der Waals surface area contributed by atoms with Gasteiger partial charge in [-0.2, -0.15) is 0 Å². The molecule has 0 saturated heterocycles. The normalized spacial score (nSPS) is 10.9. The minimum atomic E-state index is 0.740. The van der Waals surface area contributed by atoms with Crippen LogP contribution in [0.3, 0.4) is 0 Å². The molecule has 1 heteroatoms. The number of nitrogens with two attached hydrogens (primary N) is 1. The van der Waals surface area contributed by atoms with E-state index in [1.165, 1.54) is 11.1 Å². The first-order valence-electron chi connectivity index (χ1n) is 4.73. The van der Waals surface area contributed by atoms with Gasteiger partial charge in [0.1, 0.15) is 0 Å². The van der Waals surface area contributed by atoms with Crippen molar-refractivity contribution in [2.45, 2.75) is 19.8 Å². The summed E-state index contributed by atoms with van der Waals surface area (Å²) >= 11 is 0. The molecule has 0 bridgehead atoms. The van der Waals surface area contributed by atoms with Crippen molar-refractivity contribution in [1.29, 1.82) is 0 Å². The molecule has 13 heavy (non-hydrogen) atoms. The van der Waals surface area contributed by atoms with Crippen molar-refractivity contribution in [3.8, 4) is 0 Å². The van der Waals surface area contributed by atoms with Crippen LogP contribution in [0.25, 0.3) is 0 Å². The highest BCUT2D eigenvalue weighted by Gasteiger charge is 1.87. The zero-order valence-electron chi connectivity index (χ0n) is 8.16. The van der Waals surface area contributed by atoms with E-state index in [4.69, 9.17) is 5.73 Å². The van der Waals surface area contributed by atoms with Gasteiger partial charge in [-0.1, -0.05) is 42.0 Å². The Morgan fingerprint density at radius 2 is 1.85 bits per heavy atom. The number of rotatable bonds is 4. The Hall–Kier alpha value is -1.08. The van der Waals surface area contributed by atoms with E-state index in [1.54, 1.807) is 0 Å². The standard InChI is InChI=1S/C12H17N/c1-11-6-8-12(9-7-11)5-3-2-4-10-13/h2-3,6-9H,4-5,10,13H2,1H3. The van der Waals surface area contributed by atoms with Crippen LogP contribution in [0.15, 0.2) is 36.4 Å². The van der Waals surface area contributed by atoms with Gasteiger partial charge < -0.3 is 5.73 Å². The van der Waals surface area contributed by atoms with E-state index in [0.717, 1.165) is 19.4 Å². The van der Waals surface area contributed by atoms with Gasteiger partial charge in [0.25, 0.3) is 0 Å². The first-order chi connectivity index (χ1) is 6.33. The van der Waals surface area contributed by atoms with Gasteiger partial charge in [-0.15, -0.1) is 0 Å². The Bertz CT molecular complexity index is 259. The van der Waals surface area contributed by atoms with Crippen molar-refractivity contribution in [3.63, 3.8) is 0 Å². The first-order valence-corrected chi connectivity index (χ1v) is 4.73. The fourth-order valence-corrected chi connectivity index (χ4v) is 1.16. The molecule has 0 aliphatic heterocycles. The van der Waals surface area contributed by atoms with E-state index in [-0.39, 0.29) is 0 Å². The molecule has 70 valence electrons. The van der Waals surface area contributed by atoms with Crippen LogP contribution in [0, 0.1) is 6.92 Å². The van der Waals surface area contributed by atoms with Crippen molar-refractivity contribution in [3.05, 3.63) is 47.5 Å². The smallest absolute Gasteiger partial charge is 0.00426 e. The maximum atomic E-state index is 5.38. The van der Waals surface area contributed by atoms with Crippen LogP contribution in [0.5, 0.6) is 0 Å². The third kappa shape index (κ3) is 3.90. The van der Waals surface area contributed by atoms with Gasteiger partial charge in [-0.05, 0) is 31.9 Å². The van der Waals surface area contributed by atoms with Gasteiger partial charge >= 0.3 is 0 Å². The van der Waals surface area contributed by atoms with E-state index in [0.29, 0.717) is 0 Å². The zero-order chi connectivity index (χ0) is 9.52. The Kier molecular flexibility index (Phi) is 4.27. The van der Waals surface area contributed by atoms with Gasteiger partial charge in [0, 0.05) is 0 Å². The molecule has 1 rings (SSSR count). The quantitative estimate of drug-likeness (QED) is 0.699. The largest absolute Gasteiger partial charge is 0.330 e. The van der Waals surface area contributed by atoms with Crippen molar-refractivity contribution in [2.75, 3.05) is 6.54 Å². The van der Waals surface area contributed by atoms with Crippen LogP contribution in [0.4, 0.5) is 0 Å². The Labute approximate surface area is 80.3 Å². The van der Waals surface area contributed by atoms with E-state index < -0.39 is 0 Å². The maximum Gasteiger partial charge on any atom is -0.00426 e. The fourth-order valence-electron chi connectivity index (χ4n) is 1.16. The molecular weight excluding hydrogens is 158 g/mol. The van der Waals surface area contributed by atoms with Gasteiger partial charge in [-0.3, -0.25) is 0 Å². The average Bonchev–Trinajstić information content (AvgIpc) is 2.15. The lowest BCUT2D eigenvalue weighted by atomic mass is 10.1. The summed E-state index contributed by atoms with van der Waals surface area (Å²) in [6, 6.07) is 8.63. The van der Waals surface area contributed by atoms with E-state index >= 15 is 0 Å². The second-order valence-corrected chi connectivity index (χ2v) is 3.24. The molecule has 1 nitrogen and oxygen atoms in total. The number of hydrogen-bond donors (Lipinski definition) is 1. The van der Waals surface area contributed by atoms with Crippen LogP contribution in [0.2, 0.25) is 0 Å². The molecule has 0 aliphatic rings. The summed E-state index contributed by atoms with van der Waals surface area (Å²) in [6.07, 6.45) is 6.31. The molecular formula is C12H17N. The number of benzene rings is 1. The fraction of sp³-hybridized carbons (Fsp3) is 0.333. The van der Waals surface area contributed by atoms with Gasteiger partial charge in [0.05, 0.1) is 0 Å². The highest BCUT2D eigenvalue weighted by molar-refractivity contribution is 5.22. The lowest BCUT2D eigenvalue weighted by Gasteiger charge is -1.96. The van der Waals surface area contributed by atoms with Crippen LogP contribution < -0.4 is 5.73 Å². The van der Waals surface area contributed by atoms with Crippen molar-refractivity contribution >= 4 is 0 Å². The van der Waals surface area contributed by atoms with Crippen molar-refractivity contribution < 1.29 is 0 Å². The summed E-state index contributed by atoms with van der Waals surface area (Å²) in [4.78, 5) is 0. The third-order valence-corrected chi connectivity index (χ3v) is 1.97. The molecule has 0 unspecified atom stereocenters. The molecule has 1 aromatic rings. The minimum absolute atomic E-state index is 0.740. The molecule has 0 aromatic heterocycles. The summed E-state index contributed by atoms with van der Waals surface area (Å²) in [7, 11) is 0. The molecule has 0 saturated carbocycles. The molecule has 1 aromatic carbocycles. The van der Waals surface area contributed by atoms with Crippen LogP contribution in [0.1, 0.15) is 17.5 Å². The Morgan fingerprint density at radius 1 is 1.15 bits per heavy atom. The molecule has 0 spiro atoms. The molecule has 0 fully saturated rings. The van der Waals surface area contributed by atoms with Crippen molar-refractivity contribution in [1.82, 2.24) is 0 Å². The second-order valence-electron chi connectivity index (χ2n) is 3.24. The maximum absolute atomic E-state index is 5.38. The second kappa shape index (κ2) is 5.55. The van der Waals surface area contributed by atoms with Crippen LogP contribution in [-0.2, 0) is 6.42 Å². The van der Waals surface area contributed by atoms with Gasteiger partial charge in [-0.25, -0.2) is 0 Å². The van der Waals surface area contributed by atoms with Gasteiger partial charge in [0.15, 0.2) is 0 Å². The molecule has 0 heterocycles. The van der Waals surface area contributed by atoms with E-state index in [9.17, 15) is 0 Å². The molecule has 0 amide bonds.